The standard InChI is InChI=1S/C6H14N2O2/c1-5(7-6(9)10)8(2,3)4/h5,7H,1-4H3. The van der Waals surface area contributed by atoms with E-state index in [2.05, 4.69) is 5.32 Å². The van der Waals surface area contributed by atoms with E-state index < -0.39 is 6.09 Å². The fourth-order valence-corrected chi connectivity index (χ4v) is 0.364. The summed E-state index contributed by atoms with van der Waals surface area (Å²) < 4.78 is 0.550. The van der Waals surface area contributed by atoms with Gasteiger partial charge in [-0.15, -0.1) is 0 Å². The van der Waals surface area contributed by atoms with Gasteiger partial charge in [-0.1, -0.05) is 0 Å². The van der Waals surface area contributed by atoms with E-state index in [-0.39, 0.29) is 6.17 Å². The summed E-state index contributed by atoms with van der Waals surface area (Å²) in [6.45, 7) is 1.79. The first-order valence-electron chi connectivity index (χ1n) is 3.12. The fraction of sp³-hybridized carbons (Fsp3) is 0.833. The molecule has 0 saturated heterocycles. The maximum atomic E-state index is 10.0. The normalized spacial score (nSPS) is 14.4. The second-order valence-corrected chi connectivity index (χ2v) is 3.22. The van der Waals surface area contributed by atoms with E-state index in [1.807, 2.05) is 21.1 Å². The van der Waals surface area contributed by atoms with Gasteiger partial charge in [-0.2, -0.15) is 0 Å². The van der Waals surface area contributed by atoms with Crippen molar-refractivity contribution in [2.45, 2.75) is 13.1 Å². The molecule has 0 aliphatic heterocycles. The zero-order valence-corrected chi connectivity index (χ0v) is 6.84. The number of nitrogens with zero attached hydrogens (tertiary/aromatic N) is 1. The molecule has 0 aliphatic carbocycles. The molecule has 4 heteroatoms. The Morgan fingerprint density at radius 3 is 2.00 bits per heavy atom. The molecule has 0 spiro atoms. The van der Waals surface area contributed by atoms with Crippen LogP contribution in [0.4, 0.5) is 4.79 Å². The van der Waals surface area contributed by atoms with E-state index in [0.29, 0.717) is 4.48 Å². The van der Waals surface area contributed by atoms with Crippen molar-refractivity contribution >= 4 is 6.09 Å². The van der Waals surface area contributed by atoms with E-state index in [9.17, 15) is 9.90 Å². The number of quaternary nitrogens is 1. The van der Waals surface area contributed by atoms with Crippen LogP contribution in [0.1, 0.15) is 6.92 Å². The molecule has 0 bridgehead atoms. The van der Waals surface area contributed by atoms with E-state index in [1.54, 1.807) is 6.92 Å². The van der Waals surface area contributed by atoms with Gasteiger partial charge in [0.05, 0.1) is 21.1 Å². The topological polar surface area (TPSA) is 52.2 Å². The number of carbonyl (C=O) groups excluding carboxylic acids is 1. The zero-order valence-electron chi connectivity index (χ0n) is 6.84. The third-order valence-electron chi connectivity index (χ3n) is 1.49. The number of hydrogen-bond donors (Lipinski definition) is 1. The fourth-order valence-electron chi connectivity index (χ4n) is 0.364. The highest BCUT2D eigenvalue weighted by Gasteiger charge is 2.16. The maximum Gasteiger partial charge on any atom is 0.159 e. The van der Waals surface area contributed by atoms with Crippen LogP contribution < -0.4 is 10.4 Å². The molecule has 0 heterocycles. The van der Waals surface area contributed by atoms with Gasteiger partial charge in [0.15, 0.2) is 6.17 Å². The molecular formula is C6H14N2O2. The highest BCUT2D eigenvalue weighted by atomic mass is 16.4. The molecule has 1 atom stereocenters. The summed E-state index contributed by atoms with van der Waals surface area (Å²) in [6.07, 6.45) is -1.36. The average Bonchev–Trinajstić information content (AvgIpc) is 1.60. The van der Waals surface area contributed by atoms with Crippen molar-refractivity contribution in [2.75, 3.05) is 21.1 Å². The van der Waals surface area contributed by atoms with Gasteiger partial charge in [0, 0.05) is 6.92 Å². The average molecular weight is 146 g/mol. The number of carbonyl (C=O) groups is 1. The van der Waals surface area contributed by atoms with Gasteiger partial charge in [0.1, 0.15) is 6.09 Å². The second-order valence-electron chi connectivity index (χ2n) is 3.22. The van der Waals surface area contributed by atoms with Crippen molar-refractivity contribution in [1.82, 2.24) is 5.32 Å². The lowest BCUT2D eigenvalue weighted by atomic mass is 10.4. The van der Waals surface area contributed by atoms with Crippen LogP contribution in [-0.4, -0.2) is 37.9 Å². The molecule has 0 aliphatic rings. The number of amides is 1. The molecule has 0 radical (unpaired) electrons. The van der Waals surface area contributed by atoms with E-state index in [4.69, 9.17) is 0 Å². The molecule has 10 heavy (non-hydrogen) atoms. The Bertz CT molecular complexity index is 128. The Balaban J connectivity index is 3.85. The van der Waals surface area contributed by atoms with Crippen LogP contribution in [0, 0.1) is 0 Å². The minimum Gasteiger partial charge on any atom is -0.530 e. The van der Waals surface area contributed by atoms with Gasteiger partial charge < -0.3 is 19.7 Å². The molecule has 0 rings (SSSR count). The Kier molecular flexibility index (Phi) is 2.65. The first-order chi connectivity index (χ1) is 4.34. The van der Waals surface area contributed by atoms with E-state index in [0.717, 1.165) is 0 Å². The van der Waals surface area contributed by atoms with Gasteiger partial charge in [-0.25, -0.2) is 0 Å². The van der Waals surface area contributed by atoms with Gasteiger partial charge >= 0.3 is 0 Å². The minimum atomic E-state index is -1.22. The molecule has 1 amide bonds. The van der Waals surface area contributed by atoms with Crippen molar-refractivity contribution in [3.8, 4) is 0 Å². The third-order valence-corrected chi connectivity index (χ3v) is 1.49. The number of rotatable bonds is 2. The second kappa shape index (κ2) is 2.88. The van der Waals surface area contributed by atoms with Gasteiger partial charge in [-0.3, -0.25) is 0 Å². The number of nitrogens with one attached hydrogen (secondary N) is 1. The van der Waals surface area contributed by atoms with E-state index in [1.165, 1.54) is 0 Å². The van der Waals surface area contributed by atoms with Crippen LogP contribution in [0.15, 0.2) is 0 Å². The lowest BCUT2D eigenvalue weighted by molar-refractivity contribution is -0.896. The summed E-state index contributed by atoms with van der Waals surface area (Å²) in [5, 5.41) is 12.3. The van der Waals surface area contributed by atoms with Gasteiger partial charge in [-0.05, 0) is 0 Å². The molecule has 0 aromatic rings. The van der Waals surface area contributed by atoms with Crippen molar-refractivity contribution < 1.29 is 14.4 Å². The SMILES string of the molecule is CC(NC(=O)[O-])[N+](C)(C)C. The highest BCUT2D eigenvalue weighted by Crippen LogP contribution is 1.96. The lowest BCUT2D eigenvalue weighted by Gasteiger charge is -2.32. The molecule has 0 aromatic carbocycles. The van der Waals surface area contributed by atoms with Crippen molar-refractivity contribution in [2.24, 2.45) is 0 Å². The first kappa shape index (κ1) is 9.23. The summed E-state index contributed by atoms with van der Waals surface area (Å²) in [6, 6.07) is 0. The number of hydrogen-bond acceptors (Lipinski definition) is 2. The summed E-state index contributed by atoms with van der Waals surface area (Å²) >= 11 is 0. The van der Waals surface area contributed by atoms with Crippen molar-refractivity contribution in [3.63, 3.8) is 0 Å². The summed E-state index contributed by atoms with van der Waals surface area (Å²) in [5.74, 6) is 0. The van der Waals surface area contributed by atoms with Crippen LogP contribution >= 0.6 is 0 Å². The maximum absolute atomic E-state index is 10.0. The van der Waals surface area contributed by atoms with Crippen LogP contribution in [-0.2, 0) is 0 Å². The summed E-state index contributed by atoms with van der Waals surface area (Å²) in [5.41, 5.74) is 0. The van der Waals surface area contributed by atoms with Crippen molar-refractivity contribution in [1.29, 1.82) is 0 Å². The smallest absolute Gasteiger partial charge is 0.159 e. The molecule has 60 valence electrons. The van der Waals surface area contributed by atoms with Crippen LogP contribution in [0.25, 0.3) is 0 Å². The first-order valence-corrected chi connectivity index (χ1v) is 3.12. The van der Waals surface area contributed by atoms with Crippen LogP contribution in [0.3, 0.4) is 0 Å². The number of carboxylic acid groups (broad SMARTS) is 1. The monoisotopic (exact) mass is 146 g/mol. The largest absolute Gasteiger partial charge is 0.530 e. The highest BCUT2D eigenvalue weighted by molar-refractivity contribution is 5.61. The van der Waals surface area contributed by atoms with E-state index >= 15 is 0 Å². The van der Waals surface area contributed by atoms with Crippen molar-refractivity contribution in [3.05, 3.63) is 0 Å². The molecule has 1 N–H and O–H groups in total. The molecular weight excluding hydrogens is 132 g/mol. The predicted octanol–water partition coefficient (Wildman–Crippen LogP) is -1.03. The lowest BCUT2D eigenvalue weighted by Crippen LogP contribution is -2.56. The Labute approximate surface area is 61.0 Å². The molecule has 0 fully saturated rings. The minimum absolute atomic E-state index is 0.134. The Morgan fingerprint density at radius 1 is 1.50 bits per heavy atom. The molecule has 0 aromatic heterocycles. The molecule has 1 unspecified atom stereocenters. The molecule has 4 nitrogen and oxygen atoms in total. The molecule has 0 saturated carbocycles. The van der Waals surface area contributed by atoms with Gasteiger partial charge in [0.2, 0.25) is 0 Å². The summed E-state index contributed by atoms with van der Waals surface area (Å²) in [7, 11) is 5.71. The predicted molar refractivity (Wildman–Crippen MR) is 36.0 cm³/mol. The quantitative estimate of drug-likeness (QED) is 0.400. The van der Waals surface area contributed by atoms with Gasteiger partial charge in [0.25, 0.3) is 0 Å². The third kappa shape index (κ3) is 3.29. The van der Waals surface area contributed by atoms with Crippen LogP contribution in [0.2, 0.25) is 0 Å². The zero-order chi connectivity index (χ0) is 8.36. The Morgan fingerprint density at radius 2 is 1.90 bits per heavy atom. The Hall–Kier alpha value is -0.770. The summed E-state index contributed by atoms with van der Waals surface area (Å²) in [4.78, 5) is 10.0. The van der Waals surface area contributed by atoms with Crippen LogP contribution in [0.5, 0.6) is 0 Å².